The minimum absolute atomic E-state index is 0.0141. The fourth-order valence-corrected chi connectivity index (χ4v) is 3.55. The molecule has 2 amide bonds. The summed E-state index contributed by atoms with van der Waals surface area (Å²) in [5.41, 5.74) is 1.72. The lowest BCUT2D eigenvalue weighted by molar-refractivity contribution is -0.120. The molecule has 1 aliphatic carbocycles. The maximum Gasteiger partial charge on any atom is 0.234 e. The summed E-state index contributed by atoms with van der Waals surface area (Å²) in [5, 5.41) is 6.15. The highest BCUT2D eigenvalue weighted by molar-refractivity contribution is 8.00. The molecule has 1 aromatic carbocycles. The first-order chi connectivity index (χ1) is 10.2. The molecular weight excluding hydrogens is 284 g/mol. The van der Waals surface area contributed by atoms with Gasteiger partial charge in [0.25, 0.3) is 0 Å². The van der Waals surface area contributed by atoms with Gasteiger partial charge in [-0.1, -0.05) is 25.0 Å². The van der Waals surface area contributed by atoms with Crippen LogP contribution in [0.3, 0.4) is 0 Å². The van der Waals surface area contributed by atoms with Gasteiger partial charge in [-0.3, -0.25) is 9.59 Å². The van der Waals surface area contributed by atoms with Gasteiger partial charge in [0.1, 0.15) is 0 Å². The second-order valence-corrected chi connectivity index (χ2v) is 6.60. The maximum absolute atomic E-state index is 11.9. The predicted molar refractivity (Wildman–Crippen MR) is 87.6 cm³/mol. The van der Waals surface area contributed by atoms with Crippen LogP contribution in [0.25, 0.3) is 0 Å². The molecule has 0 atom stereocenters. The molecule has 21 heavy (non-hydrogen) atoms. The van der Waals surface area contributed by atoms with Crippen molar-refractivity contribution in [3.8, 4) is 0 Å². The third-order valence-electron chi connectivity index (χ3n) is 3.63. The number of nitrogens with one attached hydrogen (secondary N) is 2. The average molecular weight is 306 g/mol. The number of thioether (sulfide) groups is 1. The quantitative estimate of drug-likeness (QED) is 0.849. The van der Waals surface area contributed by atoms with E-state index in [9.17, 15) is 9.59 Å². The highest BCUT2D eigenvalue weighted by atomic mass is 32.2. The Balaban J connectivity index is 1.76. The van der Waals surface area contributed by atoms with Crippen molar-refractivity contribution in [3.63, 3.8) is 0 Å². The van der Waals surface area contributed by atoms with Crippen molar-refractivity contribution in [2.24, 2.45) is 0 Å². The van der Waals surface area contributed by atoms with Crippen LogP contribution in [0.15, 0.2) is 24.3 Å². The number of amides is 2. The van der Waals surface area contributed by atoms with Gasteiger partial charge in [0.2, 0.25) is 11.8 Å². The number of rotatable bonds is 6. The van der Waals surface area contributed by atoms with Crippen LogP contribution in [0.4, 0.5) is 5.69 Å². The molecule has 0 unspecified atom stereocenters. The summed E-state index contributed by atoms with van der Waals surface area (Å²) in [4.78, 5) is 23.2. The number of hydrogen-bond donors (Lipinski definition) is 2. The zero-order valence-electron chi connectivity index (χ0n) is 12.4. The van der Waals surface area contributed by atoms with E-state index in [-0.39, 0.29) is 11.8 Å². The molecule has 4 nitrogen and oxygen atoms in total. The molecule has 5 heteroatoms. The number of carbonyl (C=O) groups excluding carboxylic acids is 2. The summed E-state index contributed by atoms with van der Waals surface area (Å²) in [5.74, 6) is 0.552. The minimum atomic E-state index is -0.0141. The summed E-state index contributed by atoms with van der Waals surface area (Å²) in [7, 11) is 1.62. The molecule has 0 radical (unpaired) electrons. The van der Waals surface area contributed by atoms with Crippen LogP contribution in [-0.4, -0.2) is 29.9 Å². The number of carbonyl (C=O) groups is 2. The molecule has 0 spiro atoms. The van der Waals surface area contributed by atoms with E-state index in [1.165, 1.54) is 25.7 Å². The number of anilines is 1. The van der Waals surface area contributed by atoms with Gasteiger partial charge in [0.05, 0.1) is 12.2 Å². The SMILES string of the molecule is CNC(=O)Cc1ccc(NC(=O)CSC2CCCC2)cc1. The Labute approximate surface area is 130 Å². The van der Waals surface area contributed by atoms with Crippen LogP contribution >= 0.6 is 11.8 Å². The van der Waals surface area contributed by atoms with Gasteiger partial charge in [-0.25, -0.2) is 0 Å². The van der Waals surface area contributed by atoms with Gasteiger partial charge in [0.15, 0.2) is 0 Å². The van der Waals surface area contributed by atoms with Gasteiger partial charge in [-0.2, -0.15) is 0 Å². The lowest BCUT2D eigenvalue weighted by atomic mass is 10.1. The molecule has 0 heterocycles. The third kappa shape index (κ3) is 5.42. The largest absolute Gasteiger partial charge is 0.359 e. The molecular formula is C16H22N2O2S. The molecule has 1 aromatic rings. The van der Waals surface area contributed by atoms with Crippen LogP contribution in [0, 0.1) is 0 Å². The molecule has 0 aliphatic heterocycles. The highest BCUT2D eigenvalue weighted by Gasteiger charge is 2.16. The molecule has 1 saturated carbocycles. The van der Waals surface area contributed by atoms with Crippen molar-refractivity contribution in [2.75, 3.05) is 18.1 Å². The number of likely N-dealkylation sites (N-methyl/N-ethyl adjacent to an activating group) is 1. The Bertz CT molecular complexity index is 482. The second kappa shape index (κ2) is 8.08. The van der Waals surface area contributed by atoms with Crippen molar-refractivity contribution in [3.05, 3.63) is 29.8 Å². The van der Waals surface area contributed by atoms with E-state index in [0.717, 1.165) is 11.3 Å². The van der Waals surface area contributed by atoms with E-state index in [4.69, 9.17) is 0 Å². The van der Waals surface area contributed by atoms with Gasteiger partial charge in [-0.15, -0.1) is 11.8 Å². The van der Waals surface area contributed by atoms with Crippen molar-refractivity contribution in [2.45, 2.75) is 37.4 Å². The fourth-order valence-electron chi connectivity index (χ4n) is 2.43. The van der Waals surface area contributed by atoms with Crippen molar-refractivity contribution in [1.82, 2.24) is 5.32 Å². The third-order valence-corrected chi connectivity index (χ3v) is 5.01. The van der Waals surface area contributed by atoms with E-state index < -0.39 is 0 Å². The van der Waals surface area contributed by atoms with Crippen molar-refractivity contribution >= 4 is 29.3 Å². The normalized spacial score (nSPS) is 14.9. The Kier molecular flexibility index (Phi) is 6.11. The maximum atomic E-state index is 11.9. The Hall–Kier alpha value is -1.49. The Morgan fingerprint density at radius 3 is 2.43 bits per heavy atom. The van der Waals surface area contributed by atoms with Gasteiger partial charge in [0, 0.05) is 18.0 Å². The molecule has 0 bridgehead atoms. The summed E-state index contributed by atoms with van der Waals surface area (Å²) in [6, 6.07) is 7.43. The van der Waals surface area contributed by atoms with E-state index in [1.807, 2.05) is 24.3 Å². The zero-order chi connectivity index (χ0) is 15.1. The zero-order valence-corrected chi connectivity index (χ0v) is 13.2. The van der Waals surface area contributed by atoms with Gasteiger partial charge < -0.3 is 10.6 Å². The topological polar surface area (TPSA) is 58.2 Å². The standard InChI is InChI=1S/C16H22N2O2S/c1-17-15(19)10-12-6-8-13(9-7-12)18-16(20)11-21-14-4-2-3-5-14/h6-9,14H,2-5,10-11H2,1H3,(H,17,19)(H,18,20). The lowest BCUT2D eigenvalue weighted by Crippen LogP contribution is -2.20. The average Bonchev–Trinajstić information content (AvgIpc) is 3.00. The van der Waals surface area contributed by atoms with Crippen molar-refractivity contribution in [1.29, 1.82) is 0 Å². The molecule has 1 fully saturated rings. The first kappa shape index (κ1) is 15.9. The molecule has 0 aromatic heterocycles. The Morgan fingerprint density at radius 2 is 1.81 bits per heavy atom. The van der Waals surface area contributed by atoms with Crippen LogP contribution in [0.2, 0.25) is 0 Å². The van der Waals surface area contributed by atoms with Gasteiger partial charge >= 0.3 is 0 Å². The summed E-state index contributed by atoms with van der Waals surface area (Å²) in [6.07, 6.45) is 5.44. The van der Waals surface area contributed by atoms with Gasteiger partial charge in [-0.05, 0) is 30.5 Å². The highest BCUT2D eigenvalue weighted by Crippen LogP contribution is 2.29. The molecule has 0 saturated heterocycles. The molecule has 1 aliphatic rings. The fraction of sp³-hybridized carbons (Fsp3) is 0.500. The summed E-state index contributed by atoms with van der Waals surface area (Å²) < 4.78 is 0. The first-order valence-electron chi connectivity index (χ1n) is 7.38. The summed E-state index contributed by atoms with van der Waals surface area (Å²) in [6.45, 7) is 0. The van der Waals surface area contributed by atoms with E-state index in [0.29, 0.717) is 17.4 Å². The first-order valence-corrected chi connectivity index (χ1v) is 8.43. The Morgan fingerprint density at radius 1 is 1.14 bits per heavy atom. The van der Waals surface area contributed by atoms with Crippen LogP contribution in [0.5, 0.6) is 0 Å². The monoisotopic (exact) mass is 306 g/mol. The minimum Gasteiger partial charge on any atom is -0.359 e. The smallest absolute Gasteiger partial charge is 0.234 e. The van der Waals surface area contributed by atoms with Crippen LogP contribution in [0.1, 0.15) is 31.2 Å². The van der Waals surface area contributed by atoms with Crippen LogP contribution < -0.4 is 10.6 Å². The molecule has 114 valence electrons. The van der Waals surface area contributed by atoms with E-state index in [2.05, 4.69) is 10.6 Å². The van der Waals surface area contributed by atoms with Crippen LogP contribution in [-0.2, 0) is 16.0 Å². The van der Waals surface area contributed by atoms with Crippen molar-refractivity contribution < 1.29 is 9.59 Å². The number of benzene rings is 1. The molecule has 2 N–H and O–H groups in total. The second-order valence-electron chi connectivity index (χ2n) is 5.31. The molecule has 2 rings (SSSR count). The lowest BCUT2D eigenvalue weighted by Gasteiger charge is -2.09. The predicted octanol–water partition coefficient (Wildman–Crippen LogP) is 2.59. The summed E-state index contributed by atoms with van der Waals surface area (Å²) >= 11 is 1.76. The van der Waals surface area contributed by atoms with E-state index in [1.54, 1.807) is 18.8 Å². The van der Waals surface area contributed by atoms with E-state index >= 15 is 0 Å². The number of hydrogen-bond acceptors (Lipinski definition) is 3.